The Hall–Kier alpha value is -9.54. The molecule has 4 aliphatic rings. The number of carbonyl (C=O) groups excluding carboxylic acids is 3. The Labute approximate surface area is 598 Å². The van der Waals surface area contributed by atoms with Gasteiger partial charge in [0.25, 0.3) is 17.7 Å². The van der Waals surface area contributed by atoms with Crippen LogP contribution in [0.25, 0.3) is 32.7 Å². The number of para-hydroxylation sites is 3. The number of aromatic nitrogens is 3. The van der Waals surface area contributed by atoms with Gasteiger partial charge < -0.3 is 43.5 Å². The highest BCUT2D eigenvalue weighted by Gasteiger charge is 2.31. The summed E-state index contributed by atoms with van der Waals surface area (Å²) in [6.07, 6.45) is 10.2. The molecule has 15 heteroatoms. The van der Waals surface area contributed by atoms with E-state index >= 15 is 0 Å². The molecular formula is C87H96F3N9O3. The van der Waals surface area contributed by atoms with Crippen LogP contribution < -0.4 is 5.32 Å². The lowest BCUT2D eigenvalue weighted by Gasteiger charge is -2.36. The zero-order chi connectivity index (χ0) is 70.3. The molecule has 7 heterocycles. The Morgan fingerprint density at radius 2 is 0.765 bits per heavy atom. The predicted molar refractivity (Wildman–Crippen MR) is 404 cm³/mol. The smallest absolute Gasteiger partial charge is 0.270 e. The second-order valence-corrected chi connectivity index (χ2v) is 28.7. The van der Waals surface area contributed by atoms with Crippen LogP contribution in [0.2, 0.25) is 0 Å². The van der Waals surface area contributed by atoms with Crippen molar-refractivity contribution in [2.75, 3.05) is 79.0 Å². The fourth-order valence-electron chi connectivity index (χ4n) is 15.6. The number of nitrogens with one attached hydrogen (secondary N) is 1. The zero-order valence-corrected chi connectivity index (χ0v) is 59.1. The van der Waals surface area contributed by atoms with Crippen LogP contribution in [0, 0.1) is 35.2 Å². The zero-order valence-electron chi connectivity index (χ0n) is 59.1. The fraction of sp³-hybridized carbons (Fsp3) is 0.345. The number of likely N-dealkylation sites (tertiary alicyclic amines) is 4. The van der Waals surface area contributed by atoms with Crippen LogP contribution >= 0.6 is 0 Å². The number of nitrogens with zero attached hydrogens (tertiary/aromatic N) is 8. The summed E-state index contributed by atoms with van der Waals surface area (Å²) in [5, 5.41) is 6.84. The maximum Gasteiger partial charge on any atom is 0.270 e. The van der Waals surface area contributed by atoms with Crippen LogP contribution in [0.1, 0.15) is 130 Å². The number of piperidine rings is 4. The van der Waals surface area contributed by atoms with Crippen molar-refractivity contribution in [2.24, 2.45) is 17.8 Å². The first-order chi connectivity index (χ1) is 49.8. The molecule has 3 aromatic heterocycles. The molecule has 0 bridgehead atoms. The van der Waals surface area contributed by atoms with Gasteiger partial charge in [-0.05, 0) is 203 Å². The molecule has 102 heavy (non-hydrogen) atoms. The second-order valence-electron chi connectivity index (χ2n) is 28.7. The summed E-state index contributed by atoms with van der Waals surface area (Å²) >= 11 is 0. The van der Waals surface area contributed by atoms with Gasteiger partial charge in [0.05, 0.1) is 0 Å². The van der Waals surface area contributed by atoms with Gasteiger partial charge in [-0.25, -0.2) is 13.2 Å². The minimum atomic E-state index is -0.252. The number of fused-ring (bicyclic) bond motifs is 3. The van der Waals surface area contributed by atoms with E-state index in [1.54, 1.807) is 36.4 Å². The number of amides is 3. The van der Waals surface area contributed by atoms with Gasteiger partial charge in [-0.1, -0.05) is 158 Å². The number of benzene rings is 8. The Kier molecular flexibility index (Phi) is 23.6. The number of halogens is 3. The van der Waals surface area contributed by atoms with Gasteiger partial charge in [-0.3, -0.25) is 14.4 Å². The van der Waals surface area contributed by atoms with Gasteiger partial charge in [0.1, 0.15) is 34.5 Å². The van der Waals surface area contributed by atoms with E-state index in [1.807, 2.05) is 99.6 Å². The lowest BCUT2D eigenvalue weighted by molar-refractivity contribution is 0.0647. The van der Waals surface area contributed by atoms with E-state index in [9.17, 15) is 27.6 Å². The summed E-state index contributed by atoms with van der Waals surface area (Å²) in [6.45, 7) is 15.2. The van der Waals surface area contributed by atoms with Gasteiger partial charge >= 0.3 is 0 Å². The summed E-state index contributed by atoms with van der Waals surface area (Å²) < 4.78 is 46.4. The first kappa shape index (κ1) is 70.9. The highest BCUT2D eigenvalue weighted by atomic mass is 19.1. The Bertz CT molecular complexity index is 4520. The average Bonchev–Trinajstić information content (AvgIpc) is 1.64. The van der Waals surface area contributed by atoms with Crippen LogP contribution in [0.3, 0.4) is 0 Å². The number of hydrogen-bond acceptors (Lipinski definition) is 6. The summed E-state index contributed by atoms with van der Waals surface area (Å²) in [7, 11) is 2.18. The van der Waals surface area contributed by atoms with Gasteiger partial charge in [0.15, 0.2) is 0 Å². The van der Waals surface area contributed by atoms with E-state index in [0.29, 0.717) is 54.8 Å². The molecule has 528 valence electrons. The maximum absolute atomic E-state index is 13.6. The molecule has 0 unspecified atom stereocenters. The van der Waals surface area contributed by atoms with Crippen molar-refractivity contribution >= 4 is 50.4 Å². The molecule has 1 N–H and O–H groups in total. The van der Waals surface area contributed by atoms with E-state index in [1.165, 1.54) is 86.4 Å². The Morgan fingerprint density at radius 1 is 0.412 bits per heavy atom. The van der Waals surface area contributed by atoms with Crippen molar-refractivity contribution in [3.63, 3.8) is 0 Å². The molecule has 0 aliphatic carbocycles. The molecule has 4 fully saturated rings. The molecular weight excluding hydrogens is 1280 g/mol. The minimum absolute atomic E-state index is 0.0763. The van der Waals surface area contributed by atoms with Crippen molar-refractivity contribution in [3.8, 4) is 0 Å². The topological polar surface area (TPSA) is 94.2 Å². The third-order valence-corrected chi connectivity index (χ3v) is 21.4. The molecule has 4 aliphatic heterocycles. The van der Waals surface area contributed by atoms with Crippen molar-refractivity contribution in [3.05, 3.63) is 287 Å². The second kappa shape index (κ2) is 34.0. The Balaban J connectivity index is 0.000000137. The first-order valence-corrected chi connectivity index (χ1v) is 36.9. The van der Waals surface area contributed by atoms with Crippen LogP contribution in [-0.4, -0.2) is 135 Å². The molecule has 15 rings (SSSR count). The van der Waals surface area contributed by atoms with Crippen molar-refractivity contribution in [2.45, 2.75) is 96.9 Å². The predicted octanol–water partition coefficient (Wildman–Crippen LogP) is 17.0. The SMILES string of the molecule is CN(Cc1ccccc1)CC1CCN(C(=O)c2cc3ccccc3n2Cc2ccc(F)cc2)CC1.C[C@H](NCC1CCN(C(=O)c2cc3ccccc3n2Cc2ccc(F)cc2)CC1)c1ccccc1.O=C(c1cc2ccccc2n1Cc1ccc(F)cc1)N1CCC(CN2CCCCC2)CC1. The number of carbonyl (C=O) groups is 3. The molecule has 0 radical (unpaired) electrons. The van der Waals surface area contributed by atoms with Gasteiger partial charge in [-0.15, -0.1) is 0 Å². The van der Waals surface area contributed by atoms with Gasteiger partial charge in [0.2, 0.25) is 0 Å². The Morgan fingerprint density at radius 3 is 1.17 bits per heavy atom. The summed E-state index contributed by atoms with van der Waals surface area (Å²) in [4.78, 5) is 51.9. The molecule has 0 saturated carbocycles. The lowest BCUT2D eigenvalue weighted by Crippen LogP contribution is -2.43. The standard InChI is InChI=1S/2C30H32FN3O.C27H32FN3O/c1-32(20-23-7-3-2-4-8-23)21-25-15-17-33(18-16-25)30(35)29-19-26-9-5-6-10-28(26)34(29)22-24-11-13-27(31)14-12-24;1-22(25-7-3-2-4-8-25)32-20-23-15-17-33(18-16-23)30(35)29-19-26-9-5-6-10-28(26)34(29)21-24-11-13-27(31)14-12-24;28-24-10-8-21(9-11-24)20-31-25-7-3-2-6-23(25)18-26(31)27(32)30-16-12-22(13-17-30)19-29-14-4-1-5-15-29/h2-14,19,25H,15-18,20-22H2,1H3;2-14,19,22-23,32H,15-18,20-21H2,1H3;2-3,6-11,18,22H,1,4-5,12-17,19-20H2/t;22-;/m.0./s1. The summed E-state index contributed by atoms with van der Waals surface area (Å²) in [5.74, 6) is 1.38. The largest absolute Gasteiger partial charge is 0.337 e. The van der Waals surface area contributed by atoms with Crippen LogP contribution in [0.15, 0.2) is 224 Å². The van der Waals surface area contributed by atoms with E-state index < -0.39 is 0 Å². The minimum Gasteiger partial charge on any atom is -0.337 e. The van der Waals surface area contributed by atoms with Gasteiger partial charge in [-0.2, -0.15) is 0 Å². The average molecular weight is 1370 g/mol. The number of rotatable bonds is 19. The third-order valence-electron chi connectivity index (χ3n) is 21.4. The third kappa shape index (κ3) is 18.0. The van der Waals surface area contributed by atoms with Crippen molar-refractivity contribution in [1.82, 2.24) is 43.5 Å². The fourth-order valence-corrected chi connectivity index (χ4v) is 15.6. The van der Waals surface area contributed by atoms with E-state index in [4.69, 9.17) is 0 Å². The van der Waals surface area contributed by atoms with Crippen LogP contribution in [0.5, 0.6) is 0 Å². The van der Waals surface area contributed by atoms with E-state index in [2.05, 4.69) is 110 Å². The van der Waals surface area contributed by atoms with E-state index in [0.717, 1.165) is 153 Å². The normalized spacial score (nSPS) is 16.1. The highest BCUT2D eigenvalue weighted by molar-refractivity contribution is 6.01. The van der Waals surface area contributed by atoms with Crippen LogP contribution in [0.4, 0.5) is 13.2 Å². The molecule has 8 aromatic carbocycles. The molecule has 0 spiro atoms. The summed E-state index contributed by atoms with van der Waals surface area (Å²) in [5.41, 5.74) is 10.8. The van der Waals surface area contributed by atoms with E-state index in [-0.39, 0.29) is 35.2 Å². The maximum atomic E-state index is 13.6. The first-order valence-electron chi connectivity index (χ1n) is 36.9. The summed E-state index contributed by atoms with van der Waals surface area (Å²) in [6, 6.07) is 71.3. The van der Waals surface area contributed by atoms with Crippen LogP contribution in [-0.2, 0) is 26.2 Å². The lowest BCUT2D eigenvalue weighted by atomic mass is 9.95. The van der Waals surface area contributed by atoms with Crippen molar-refractivity contribution < 1.29 is 27.6 Å². The molecule has 11 aromatic rings. The molecule has 12 nitrogen and oxygen atoms in total. The number of hydrogen-bond donors (Lipinski definition) is 1. The highest BCUT2D eigenvalue weighted by Crippen LogP contribution is 2.31. The molecule has 1 atom stereocenters. The quantitative estimate of drug-likeness (QED) is 0.0867. The van der Waals surface area contributed by atoms with Crippen molar-refractivity contribution in [1.29, 1.82) is 0 Å². The van der Waals surface area contributed by atoms with Gasteiger partial charge in [0, 0.05) is 117 Å². The molecule has 4 saturated heterocycles. The molecule has 3 amide bonds. The monoisotopic (exact) mass is 1370 g/mol.